The molecule has 5 heteroatoms. The zero-order valence-corrected chi connectivity index (χ0v) is 11.7. The Bertz CT molecular complexity index is 657. The van der Waals surface area contributed by atoms with E-state index in [1.807, 2.05) is 25.2 Å². The predicted molar refractivity (Wildman–Crippen MR) is 79.9 cm³/mol. The van der Waals surface area contributed by atoms with Crippen molar-refractivity contribution in [2.45, 2.75) is 11.4 Å². The van der Waals surface area contributed by atoms with Crippen molar-refractivity contribution in [3.8, 4) is 0 Å². The summed E-state index contributed by atoms with van der Waals surface area (Å²) in [5.74, 6) is -0.0108. The molecule has 0 saturated heterocycles. The molecular formula is C15H13FN2OS. The van der Waals surface area contributed by atoms with Gasteiger partial charge in [-0.2, -0.15) is 3.89 Å². The van der Waals surface area contributed by atoms with Crippen molar-refractivity contribution in [1.29, 1.82) is 0 Å². The highest BCUT2D eigenvalue weighted by atomic mass is 32.2. The van der Waals surface area contributed by atoms with E-state index in [0.29, 0.717) is 11.4 Å². The van der Waals surface area contributed by atoms with Crippen LogP contribution in [0, 0.1) is 0 Å². The molecule has 0 saturated carbocycles. The highest BCUT2D eigenvalue weighted by Crippen LogP contribution is 2.31. The SMILES string of the molecule is CNc1ccc2c(c1)CN(c1ccc(SF)cc1)C2=O. The van der Waals surface area contributed by atoms with Gasteiger partial charge in [0.25, 0.3) is 5.91 Å². The lowest BCUT2D eigenvalue weighted by atomic mass is 10.1. The lowest BCUT2D eigenvalue weighted by molar-refractivity contribution is 0.0996. The number of fused-ring (bicyclic) bond motifs is 1. The van der Waals surface area contributed by atoms with Crippen molar-refractivity contribution >= 4 is 29.4 Å². The maximum atomic E-state index is 12.4. The van der Waals surface area contributed by atoms with E-state index in [1.54, 1.807) is 29.2 Å². The van der Waals surface area contributed by atoms with Crippen LogP contribution in [0.1, 0.15) is 15.9 Å². The summed E-state index contributed by atoms with van der Waals surface area (Å²) in [5.41, 5.74) is 3.51. The fourth-order valence-corrected chi connectivity index (χ4v) is 2.60. The Balaban J connectivity index is 1.92. The number of hydrogen-bond donors (Lipinski definition) is 1. The minimum Gasteiger partial charge on any atom is -0.388 e. The monoisotopic (exact) mass is 288 g/mol. The second kappa shape index (κ2) is 5.17. The van der Waals surface area contributed by atoms with E-state index in [4.69, 9.17) is 0 Å². The van der Waals surface area contributed by atoms with E-state index < -0.39 is 0 Å². The molecule has 1 amide bonds. The third-order valence-electron chi connectivity index (χ3n) is 3.44. The number of carbonyl (C=O) groups excluding carboxylic acids is 1. The van der Waals surface area contributed by atoms with Crippen LogP contribution in [0.25, 0.3) is 0 Å². The zero-order valence-electron chi connectivity index (χ0n) is 10.9. The van der Waals surface area contributed by atoms with Crippen LogP contribution >= 0.6 is 12.1 Å². The van der Waals surface area contributed by atoms with Crippen LogP contribution in [-0.2, 0) is 6.54 Å². The maximum absolute atomic E-state index is 12.4. The standard InChI is InChI=1S/C15H13FN2OS/c1-17-11-2-7-14-10(8-11)9-18(15(14)19)12-3-5-13(20-16)6-4-12/h2-8,17H,9H2,1H3. The summed E-state index contributed by atoms with van der Waals surface area (Å²) in [6, 6.07) is 12.6. The molecule has 3 rings (SSSR count). The lowest BCUT2D eigenvalue weighted by Crippen LogP contribution is -2.22. The molecule has 0 fully saturated rings. The molecule has 1 N–H and O–H groups in total. The van der Waals surface area contributed by atoms with Crippen molar-refractivity contribution in [1.82, 2.24) is 0 Å². The highest BCUT2D eigenvalue weighted by molar-refractivity contribution is 7.94. The summed E-state index contributed by atoms with van der Waals surface area (Å²) in [4.78, 5) is 14.6. The first-order valence-corrected chi connectivity index (χ1v) is 6.96. The number of nitrogens with one attached hydrogen (secondary N) is 1. The first kappa shape index (κ1) is 13.0. The zero-order chi connectivity index (χ0) is 14.1. The smallest absolute Gasteiger partial charge is 0.258 e. The van der Waals surface area contributed by atoms with Crippen molar-refractivity contribution in [2.24, 2.45) is 0 Å². The Kier molecular flexibility index (Phi) is 3.36. The third kappa shape index (κ3) is 2.14. The van der Waals surface area contributed by atoms with Crippen LogP contribution in [0.2, 0.25) is 0 Å². The molecule has 0 bridgehead atoms. The van der Waals surface area contributed by atoms with E-state index in [2.05, 4.69) is 5.32 Å². The third-order valence-corrected chi connectivity index (χ3v) is 3.89. The number of benzene rings is 2. The quantitative estimate of drug-likeness (QED) is 0.930. The summed E-state index contributed by atoms with van der Waals surface area (Å²) < 4.78 is 12.4. The Labute approximate surface area is 121 Å². The van der Waals surface area contributed by atoms with Crippen LogP contribution < -0.4 is 10.2 Å². The van der Waals surface area contributed by atoms with Gasteiger partial charge >= 0.3 is 0 Å². The van der Waals surface area contributed by atoms with Gasteiger partial charge in [-0.1, -0.05) is 0 Å². The maximum Gasteiger partial charge on any atom is 0.258 e. The Hall–Kier alpha value is -2.01. The lowest BCUT2D eigenvalue weighted by Gasteiger charge is -2.15. The predicted octanol–water partition coefficient (Wildman–Crippen LogP) is 3.87. The van der Waals surface area contributed by atoms with Crippen LogP contribution in [-0.4, -0.2) is 13.0 Å². The summed E-state index contributed by atoms with van der Waals surface area (Å²) in [7, 11) is 1.85. The van der Waals surface area contributed by atoms with Crippen molar-refractivity contribution < 1.29 is 8.68 Å². The van der Waals surface area contributed by atoms with Gasteiger partial charge in [0.1, 0.15) is 0 Å². The van der Waals surface area contributed by atoms with Crippen LogP contribution in [0.15, 0.2) is 47.4 Å². The van der Waals surface area contributed by atoms with Gasteiger partial charge in [0.15, 0.2) is 0 Å². The number of hydrogen-bond acceptors (Lipinski definition) is 3. The molecule has 0 radical (unpaired) electrons. The van der Waals surface area contributed by atoms with Crippen LogP contribution in [0.3, 0.4) is 0 Å². The van der Waals surface area contributed by atoms with Gasteiger partial charge in [0.2, 0.25) is 0 Å². The van der Waals surface area contributed by atoms with E-state index in [-0.39, 0.29) is 18.1 Å². The van der Waals surface area contributed by atoms with Crippen LogP contribution in [0.5, 0.6) is 0 Å². The van der Waals surface area contributed by atoms with Gasteiger partial charge in [0, 0.05) is 28.9 Å². The first-order chi connectivity index (χ1) is 9.72. The molecule has 0 unspecified atom stereocenters. The van der Waals surface area contributed by atoms with Gasteiger partial charge in [-0.05, 0) is 48.0 Å². The highest BCUT2D eigenvalue weighted by Gasteiger charge is 2.28. The average molecular weight is 288 g/mol. The van der Waals surface area contributed by atoms with Crippen LogP contribution in [0.4, 0.5) is 15.3 Å². The molecular weight excluding hydrogens is 275 g/mol. The normalized spacial score (nSPS) is 13.5. The molecule has 1 aliphatic heterocycles. The van der Waals surface area contributed by atoms with Gasteiger partial charge in [0.05, 0.1) is 18.7 Å². The number of nitrogens with zero attached hydrogens (tertiary/aromatic N) is 1. The second-order valence-electron chi connectivity index (χ2n) is 4.58. The van der Waals surface area contributed by atoms with Gasteiger partial charge < -0.3 is 10.2 Å². The fraction of sp³-hybridized carbons (Fsp3) is 0.133. The Morgan fingerprint density at radius 3 is 2.60 bits per heavy atom. The van der Waals surface area contributed by atoms with Crippen molar-refractivity contribution in [2.75, 3.05) is 17.3 Å². The molecule has 0 spiro atoms. The van der Waals surface area contributed by atoms with E-state index >= 15 is 0 Å². The summed E-state index contributed by atoms with van der Waals surface area (Å²) in [6.07, 6.45) is 0. The molecule has 0 atom stereocenters. The molecule has 20 heavy (non-hydrogen) atoms. The van der Waals surface area contributed by atoms with Gasteiger partial charge in [-0.25, -0.2) is 0 Å². The topological polar surface area (TPSA) is 32.3 Å². The number of rotatable bonds is 3. The number of amides is 1. The van der Waals surface area contributed by atoms with E-state index in [1.165, 1.54) is 0 Å². The van der Waals surface area contributed by atoms with Crippen molar-refractivity contribution in [3.63, 3.8) is 0 Å². The minimum absolute atomic E-state index is 0.0108. The van der Waals surface area contributed by atoms with Gasteiger partial charge in [-0.3, -0.25) is 4.79 Å². The van der Waals surface area contributed by atoms with E-state index in [9.17, 15) is 8.68 Å². The first-order valence-electron chi connectivity index (χ1n) is 6.24. The molecule has 1 aliphatic rings. The Morgan fingerprint density at radius 2 is 1.95 bits per heavy atom. The largest absolute Gasteiger partial charge is 0.388 e. The molecule has 1 heterocycles. The van der Waals surface area contributed by atoms with Gasteiger partial charge in [-0.15, -0.1) is 0 Å². The molecule has 102 valence electrons. The summed E-state index contributed by atoms with van der Waals surface area (Å²) in [6.45, 7) is 0.547. The molecule has 2 aromatic carbocycles. The minimum atomic E-state index is -0.0108. The molecule has 3 nitrogen and oxygen atoms in total. The molecule has 0 aliphatic carbocycles. The summed E-state index contributed by atoms with van der Waals surface area (Å²) in [5, 5.41) is 3.07. The number of carbonyl (C=O) groups is 1. The van der Waals surface area contributed by atoms with E-state index in [0.717, 1.165) is 22.5 Å². The number of anilines is 2. The second-order valence-corrected chi connectivity index (χ2v) is 5.21. The average Bonchev–Trinajstić information content (AvgIpc) is 2.84. The molecule has 0 aromatic heterocycles. The van der Waals surface area contributed by atoms with Crippen molar-refractivity contribution in [3.05, 3.63) is 53.6 Å². The number of halogens is 1. The fourth-order valence-electron chi connectivity index (χ4n) is 2.36. The summed E-state index contributed by atoms with van der Waals surface area (Å²) >= 11 is 0.201. The Morgan fingerprint density at radius 1 is 1.20 bits per heavy atom. The molecule has 2 aromatic rings.